The topological polar surface area (TPSA) is 55.8 Å². The van der Waals surface area contributed by atoms with Crippen molar-refractivity contribution in [2.45, 2.75) is 10.9 Å². The number of carbonyl (C=O) groups is 1. The highest BCUT2D eigenvalue weighted by Crippen LogP contribution is 2.54. The lowest BCUT2D eigenvalue weighted by Gasteiger charge is -2.22. The van der Waals surface area contributed by atoms with Crippen LogP contribution in [0.3, 0.4) is 0 Å². The Kier molecular flexibility index (Phi) is 2.31. The van der Waals surface area contributed by atoms with Crippen LogP contribution in [0, 0.1) is 11.8 Å². The third-order valence-corrected chi connectivity index (χ3v) is 4.02. The summed E-state index contributed by atoms with van der Waals surface area (Å²) in [5.74, 6) is -0.345. The molecule has 0 aromatic heterocycles. The smallest absolute Gasteiger partial charge is 0.205 e. The summed E-state index contributed by atoms with van der Waals surface area (Å²) in [4.78, 5) is 11.6. The zero-order valence-electron chi connectivity index (χ0n) is 7.86. The molecule has 1 fully saturated rings. The molecule has 1 N–H and O–H groups in total. The maximum atomic E-state index is 11.5. The standard InChI is InChI=1S/C9H11BrO4/c1-13-8-4-3(5(4)10)6(11)7(12)9(8)14-2/h3-5,8,12H,1-2H3/t3-,4+,5?,8+/m1/s1. The Morgan fingerprint density at radius 3 is 2.57 bits per heavy atom. The monoisotopic (exact) mass is 262 g/mol. The van der Waals surface area contributed by atoms with Crippen molar-refractivity contribution in [2.75, 3.05) is 14.2 Å². The van der Waals surface area contributed by atoms with Crippen LogP contribution in [-0.4, -0.2) is 36.0 Å². The molecule has 0 amide bonds. The summed E-state index contributed by atoms with van der Waals surface area (Å²) in [6.45, 7) is 0. The van der Waals surface area contributed by atoms with E-state index in [1.54, 1.807) is 7.11 Å². The van der Waals surface area contributed by atoms with Crippen LogP contribution in [0.4, 0.5) is 0 Å². The lowest BCUT2D eigenvalue weighted by atomic mass is 10.0. The number of ketones is 1. The van der Waals surface area contributed by atoms with Gasteiger partial charge >= 0.3 is 0 Å². The summed E-state index contributed by atoms with van der Waals surface area (Å²) < 4.78 is 10.2. The molecule has 1 unspecified atom stereocenters. The third kappa shape index (κ3) is 1.12. The van der Waals surface area contributed by atoms with Crippen LogP contribution in [0.25, 0.3) is 0 Å². The number of rotatable bonds is 2. The van der Waals surface area contributed by atoms with Crippen molar-refractivity contribution in [3.63, 3.8) is 0 Å². The van der Waals surface area contributed by atoms with Crippen molar-refractivity contribution in [2.24, 2.45) is 11.8 Å². The normalized spacial score (nSPS) is 40.9. The summed E-state index contributed by atoms with van der Waals surface area (Å²) in [7, 11) is 2.97. The van der Waals surface area contributed by atoms with Gasteiger partial charge in [0.25, 0.3) is 0 Å². The van der Waals surface area contributed by atoms with E-state index in [0.29, 0.717) is 0 Å². The first-order valence-electron chi connectivity index (χ1n) is 4.31. The highest BCUT2D eigenvalue weighted by atomic mass is 79.9. The summed E-state index contributed by atoms with van der Waals surface area (Å²) in [6.07, 6.45) is -0.313. The molecule has 0 saturated heterocycles. The molecule has 2 aliphatic carbocycles. The van der Waals surface area contributed by atoms with Gasteiger partial charge in [0.15, 0.2) is 11.5 Å². The SMILES string of the molecule is COC1=C(O)C(=O)[C@H]2C(Br)[C@H]2[C@@H]1OC. The zero-order chi connectivity index (χ0) is 10.5. The average Bonchev–Trinajstić information content (AvgIpc) is 2.83. The first kappa shape index (κ1) is 9.98. The molecule has 0 aliphatic heterocycles. The first-order chi connectivity index (χ1) is 6.63. The number of hydrogen-bond donors (Lipinski definition) is 1. The maximum absolute atomic E-state index is 11.5. The molecule has 5 heteroatoms. The van der Waals surface area contributed by atoms with Crippen LogP contribution in [0.2, 0.25) is 0 Å². The van der Waals surface area contributed by atoms with Gasteiger partial charge in [-0.25, -0.2) is 0 Å². The minimum absolute atomic E-state index is 0.0924. The van der Waals surface area contributed by atoms with Gasteiger partial charge in [-0.1, -0.05) is 15.9 Å². The fraction of sp³-hybridized carbons (Fsp3) is 0.667. The number of allylic oxidation sites excluding steroid dienone is 1. The van der Waals surface area contributed by atoms with Gasteiger partial charge < -0.3 is 14.6 Å². The van der Waals surface area contributed by atoms with Crippen LogP contribution in [0.5, 0.6) is 0 Å². The lowest BCUT2D eigenvalue weighted by Crippen LogP contribution is -2.29. The second-order valence-corrected chi connectivity index (χ2v) is 4.54. The van der Waals surface area contributed by atoms with E-state index in [1.807, 2.05) is 0 Å². The third-order valence-electron chi connectivity index (χ3n) is 2.84. The summed E-state index contributed by atoms with van der Waals surface area (Å²) in [6, 6.07) is 0. The van der Waals surface area contributed by atoms with E-state index in [4.69, 9.17) is 9.47 Å². The molecule has 78 valence electrons. The Hall–Kier alpha value is -0.550. The minimum atomic E-state index is -0.313. The molecule has 2 rings (SSSR count). The summed E-state index contributed by atoms with van der Waals surface area (Å²) in [5.41, 5.74) is 0. The Morgan fingerprint density at radius 2 is 2.07 bits per heavy atom. The number of Topliss-reactive ketones (excluding diaryl/α,β-unsaturated/α-hetero) is 1. The Bertz CT molecular complexity index is 312. The highest BCUT2D eigenvalue weighted by molar-refractivity contribution is 9.09. The molecular weight excluding hydrogens is 252 g/mol. The van der Waals surface area contributed by atoms with Gasteiger partial charge in [-0.2, -0.15) is 0 Å². The quantitative estimate of drug-likeness (QED) is 0.755. The van der Waals surface area contributed by atoms with E-state index in [-0.39, 0.29) is 40.1 Å². The molecular formula is C9H11BrO4. The number of fused-ring (bicyclic) bond motifs is 1. The van der Waals surface area contributed by atoms with E-state index >= 15 is 0 Å². The second kappa shape index (κ2) is 3.24. The Morgan fingerprint density at radius 1 is 1.43 bits per heavy atom. The molecule has 1 saturated carbocycles. The Labute approximate surface area is 90.0 Å². The molecule has 14 heavy (non-hydrogen) atoms. The molecule has 0 heterocycles. The van der Waals surface area contributed by atoms with Crippen molar-refractivity contribution in [1.82, 2.24) is 0 Å². The molecule has 0 radical (unpaired) electrons. The highest BCUT2D eigenvalue weighted by Gasteiger charge is 2.63. The fourth-order valence-corrected chi connectivity index (χ4v) is 3.06. The number of aliphatic hydroxyl groups is 1. The molecule has 0 aromatic carbocycles. The van der Waals surface area contributed by atoms with Crippen molar-refractivity contribution in [1.29, 1.82) is 0 Å². The van der Waals surface area contributed by atoms with Crippen molar-refractivity contribution < 1.29 is 19.4 Å². The maximum Gasteiger partial charge on any atom is 0.205 e. The minimum Gasteiger partial charge on any atom is -0.502 e. The van der Waals surface area contributed by atoms with Crippen LogP contribution < -0.4 is 0 Å². The van der Waals surface area contributed by atoms with Crippen molar-refractivity contribution in [3.8, 4) is 0 Å². The molecule has 0 spiro atoms. The molecule has 4 nitrogen and oxygen atoms in total. The predicted octanol–water partition coefficient (Wildman–Crippen LogP) is 1.01. The average molecular weight is 263 g/mol. The van der Waals surface area contributed by atoms with Gasteiger partial charge in [0.2, 0.25) is 5.78 Å². The second-order valence-electron chi connectivity index (χ2n) is 3.49. The van der Waals surface area contributed by atoms with Crippen LogP contribution in [0.15, 0.2) is 11.5 Å². The number of methoxy groups -OCH3 is 2. The number of halogens is 1. The lowest BCUT2D eigenvalue weighted by molar-refractivity contribution is -0.121. The van der Waals surface area contributed by atoms with Gasteiger partial charge in [0.1, 0.15) is 6.10 Å². The van der Waals surface area contributed by atoms with Crippen molar-refractivity contribution in [3.05, 3.63) is 11.5 Å². The molecule has 2 aliphatic rings. The largest absolute Gasteiger partial charge is 0.502 e. The van der Waals surface area contributed by atoms with Gasteiger partial charge in [-0.15, -0.1) is 0 Å². The fourth-order valence-electron chi connectivity index (χ4n) is 2.04. The zero-order valence-corrected chi connectivity index (χ0v) is 9.45. The number of hydrogen-bond acceptors (Lipinski definition) is 4. The van der Waals surface area contributed by atoms with Crippen LogP contribution >= 0.6 is 15.9 Å². The van der Waals surface area contributed by atoms with Gasteiger partial charge in [0, 0.05) is 23.8 Å². The predicted molar refractivity (Wildman–Crippen MR) is 52.2 cm³/mol. The Balaban J connectivity index is 2.36. The number of carbonyl (C=O) groups excluding carboxylic acids is 1. The number of alkyl halides is 1. The van der Waals surface area contributed by atoms with Gasteiger partial charge in [-0.3, -0.25) is 4.79 Å². The summed E-state index contributed by atoms with van der Waals surface area (Å²) in [5, 5.41) is 9.56. The van der Waals surface area contributed by atoms with Crippen LogP contribution in [-0.2, 0) is 14.3 Å². The molecule has 0 bridgehead atoms. The van der Waals surface area contributed by atoms with E-state index in [0.717, 1.165) is 0 Å². The first-order valence-corrected chi connectivity index (χ1v) is 5.23. The number of ether oxygens (including phenoxy) is 2. The van der Waals surface area contributed by atoms with E-state index in [1.165, 1.54) is 7.11 Å². The van der Waals surface area contributed by atoms with E-state index < -0.39 is 0 Å². The molecule has 0 aromatic rings. The van der Waals surface area contributed by atoms with Crippen LogP contribution in [0.1, 0.15) is 0 Å². The van der Waals surface area contributed by atoms with Gasteiger partial charge in [-0.05, 0) is 0 Å². The summed E-state index contributed by atoms with van der Waals surface area (Å²) >= 11 is 3.39. The van der Waals surface area contributed by atoms with E-state index in [2.05, 4.69) is 15.9 Å². The van der Waals surface area contributed by atoms with Gasteiger partial charge in [0.05, 0.1) is 7.11 Å². The number of aliphatic hydroxyl groups excluding tert-OH is 1. The van der Waals surface area contributed by atoms with Crippen molar-refractivity contribution >= 4 is 21.7 Å². The molecule has 4 atom stereocenters. The van der Waals surface area contributed by atoms with E-state index in [9.17, 15) is 9.90 Å².